The van der Waals surface area contributed by atoms with E-state index in [-0.39, 0.29) is 17.7 Å². The summed E-state index contributed by atoms with van der Waals surface area (Å²) in [6, 6.07) is 4.26. The molecule has 1 saturated heterocycles. The molecule has 5 rings (SSSR count). The zero-order valence-electron chi connectivity index (χ0n) is 14.9. The number of nitrogens with one attached hydrogen (secondary N) is 1. The van der Waals surface area contributed by atoms with Crippen LogP contribution in [-0.4, -0.2) is 44.6 Å². The highest BCUT2D eigenvalue weighted by Gasteiger charge is 2.31. The van der Waals surface area contributed by atoms with Gasteiger partial charge in [-0.3, -0.25) is 4.79 Å². The van der Waals surface area contributed by atoms with Gasteiger partial charge in [0.15, 0.2) is 5.65 Å². The van der Waals surface area contributed by atoms with Crippen molar-refractivity contribution in [2.45, 2.75) is 25.6 Å². The first-order valence-corrected chi connectivity index (χ1v) is 9.43. The third-order valence-electron chi connectivity index (χ3n) is 5.14. The Balaban J connectivity index is 1.39. The fraction of sp³-hybridized carbons (Fsp3) is 0.316. The van der Waals surface area contributed by atoms with E-state index in [1.165, 1.54) is 18.2 Å². The highest BCUT2D eigenvalue weighted by molar-refractivity contribution is 6.30. The van der Waals surface area contributed by atoms with Crippen molar-refractivity contribution in [3.8, 4) is 5.75 Å². The highest BCUT2D eigenvalue weighted by Crippen LogP contribution is 2.30. The number of hydrogen-bond acceptors (Lipinski definition) is 5. The normalized spacial score (nSPS) is 18.2. The highest BCUT2D eigenvalue weighted by atomic mass is 35.5. The van der Waals surface area contributed by atoms with E-state index in [1.54, 1.807) is 21.8 Å². The van der Waals surface area contributed by atoms with Gasteiger partial charge in [0.25, 0.3) is 5.91 Å². The lowest BCUT2D eigenvalue weighted by Crippen LogP contribution is -2.46. The van der Waals surface area contributed by atoms with Crippen molar-refractivity contribution in [1.82, 2.24) is 24.8 Å². The molecule has 0 radical (unpaired) electrons. The molecule has 1 aromatic carbocycles. The predicted octanol–water partition coefficient (Wildman–Crippen LogP) is 2.42. The lowest BCUT2D eigenvalue weighted by Gasteiger charge is -2.28. The smallest absolute Gasteiger partial charge is 0.258 e. The first-order valence-electron chi connectivity index (χ1n) is 9.05. The number of rotatable bonds is 4. The Bertz CT molecular complexity index is 1080. The Morgan fingerprint density at radius 2 is 2.25 bits per heavy atom. The van der Waals surface area contributed by atoms with Crippen LogP contribution in [0.15, 0.2) is 30.6 Å². The SMILES string of the molecule is O=C(c1ccc(F)cc1OCC1CCN1)N1Cc2nn3cc(Cl)cnc3c2C1. The zero-order valence-corrected chi connectivity index (χ0v) is 15.6. The molecule has 28 heavy (non-hydrogen) atoms. The van der Waals surface area contributed by atoms with E-state index in [4.69, 9.17) is 16.3 Å². The standard InChI is InChI=1S/C19H17ClFN5O2/c20-11-6-23-18-15-8-25(9-16(15)24-26(18)7-11)19(27)14-2-1-12(21)5-17(14)28-10-13-3-4-22-13/h1-2,5-7,13,22H,3-4,8-10H2. The number of nitrogens with zero attached hydrogens (tertiary/aromatic N) is 4. The molecule has 0 aliphatic carbocycles. The van der Waals surface area contributed by atoms with Gasteiger partial charge in [-0.05, 0) is 25.1 Å². The maximum atomic E-state index is 13.7. The molecule has 9 heteroatoms. The van der Waals surface area contributed by atoms with Crippen LogP contribution in [0, 0.1) is 5.82 Å². The number of fused-ring (bicyclic) bond motifs is 3. The maximum absolute atomic E-state index is 13.7. The van der Waals surface area contributed by atoms with E-state index in [0.717, 1.165) is 24.2 Å². The van der Waals surface area contributed by atoms with Crippen LogP contribution < -0.4 is 10.1 Å². The van der Waals surface area contributed by atoms with Crippen molar-refractivity contribution in [3.05, 3.63) is 58.3 Å². The van der Waals surface area contributed by atoms with Crippen molar-refractivity contribution in [2.75, 3.05) is 13.2 Å². The second kappa shape index (κ2) is 6.72. The minimum Gasteiger partial charge on any atom is -0.491 e. The van der Waals surface area contributed by atoms with E-state index < -0.39 is 5.82 Å². The summed E-state index contributed by atoms with van der Waals surface area (Å²) in [4.78, 5) is 19.1. The van der Waals surface area contributed by atoms with Crippen LogP contribution in [0.2, 0.25) is 5.02 Å². The Morgan fingerprint density at radius 1 is 1.39 bits per heavy atom. The number of amides is 1. The fourth-order valence-corrected chi connectivity index (χ4v) is 3.65. The van der Waals surface area contributed by atoms with Gasteiger partial charge in [0.1, 0.15) is 18.2 Å². The summed E-state index contributed by atoms with van der Waals surface area (Å²) in [7, 11) is 0. The molecule has 2 aliphatic rings. The van der Waals surface area contributed by atoms with Gasteiger partial charge in [0, 0.05) is 23.9 Å². The first-order chi connectivity index (χ1) is 13.6. The van der Waals surface area contributed by atoms with Crippen LogP contribution in [0.1, 0.15) is 28.0 Å². The molecular weight excluding hydrogens is 385 g/mol. The molecule has 0 spiro atoms. The Kier molecular flexibility index (Phi) is 4.17. The summed E-state index contributed by atoms with van der Waals surface area (Å²) in [6.45, 7) is 2.10. The molecule has 1 unspecified atom stereocenters. The van der Waals surface area contributed by atoms with E-state index in [1.807, 2.05) is 0 Å². The molecule has 1 amide bonds. The van der Waals surface area contributed by atoms with Gasteiger partial charge in [0.05, 0.1) is 35.6 Å². The second-order valence-electron chi connectivity index (χ2n) is 7.02. The van der Waals surface area contributed by atoms with Crippen molar-refractivity contribution < 1.29 is 13.9 Å². The van der Waals surface area contributed by atoms with Crippen molar-refractivity contribution >= 4 is 23.2 Å². The summed E-state index contributed by atoms with van der Waals surface area (Å²) in [5.74, 6) is -0.388. The number of benzene rings is 1. The second-order valence-corrected chi connectivity index (χ2v) is 7.45. The zero-order chi connectivity index (χ0) is 19.3. The Hall–Kier alpha value is -2.71. The molecule has 4 heterocycles. The summed E-state index contributed by atoms with van der Waals surface area (Å²) in [5.41, 5.74) is 2.71. The summed E-state index contributed by atoms with van der Waals surface area (Å²) in [6.07, 6.45) is 4.26. The van der Waals surface area contributed by atoms with Crippen LogP contribution >= 0.6 is 11.6 Å². The average molecular weight is 402 g/mol. The predicted molar refractivity (Wildman–Crippen MR) is 99.9 cm³/mol. The van der Waals surface area contributed by atoms with Crippen molar-refractivity contribution in [2.24, 2.45) is 0 Å². The quantitative estimate of drug-likeness (QED) is 0.727. The third kappa shape index (κ3) is 2.98. The molecule has 0 bridgehead atoms. The molecule has 144 valence electrons. The molecule has 2 aromatic heterocycles. The topological polar surface area (TPSA) is 71.8 Å². The minimum atomic E-state index is -0.434. The number of aromatic nitrogens is 3. The average Bonchev–Trinajstić information content (AvgIpc) is 3.17. The molecule has 7 nitrogen and oxygen atoms in total. The van der Waals surface area contributed by atoms with Gasteiger partial charge in [-0.2, -0.15) is 5.10 Å². The van der Waals surface area contributed by atoms with Crippen LogP contribution in [-0.2, 0) is 13.1 Å². The summed E-state index contributed by atoms with van der Waals surface area (Å²) >= 11 is 5.96. The van der Waals surface area contributed by atoms with Crippen LogP contribution in [0.25, 0.3) is 5.65 Å². The van der Waals surface area contributed by atoms with Gasteiger partial charge in [0.2, 0.25) is 0 Å². The number of carbonyl (C=O) groups is 1. The number of carbonyl (C=O) groups excluding carboxylic acids is 1. The Labute approximate surface area is 165 Å². The Morgan fingerprint density at radius 3 is 3.04 bits per heavy atom. The van der Waals surface area contributed by atoms with Crippen molar-refractivity contribution in [1.29, 1.82) is 0 Å². The van der Waals surface area contributed by atoms with Gasteiger partial charge in [-0.25, -0.2) is 13.9 Å². The number of halogens is 2. The molecule has 1 N–H and O–H groups in total. The van der Waals surface area contributed by atoms with Crippen LogP contribution in [0.4, 0.5) is 4.39 Å². The molecule has 0 saturated carbocycles. The summed E-state index contributed by atoms with van der Waals surface area (Å²) < 4.78 is 21.1. The van der Waals surface area contributed by atoms with E-state index in [9.17, 15) is 9.18 Å². The van der Waals surface area contributed by atoms with Gasteiger partial charge in [-0.1, -0.05) is 11.6 Å². The van der Waals surface area contributed by atoms with E-state index in [2.05, 4.69) is 15.4 Å². The van der Waals surface area contributed by atoms with Crippen LogP contribution in [0.3, 0.4) is 0 Å². The van der Waals surface area contributed by atoms with Crippen LogP contribution in [0.5, 0.6) is 5.75 Å². The van der Waals surface area contributed by atoms with Gasteiger partial charge >= 0.3 is 0 Å². The molecule has 1 fully saturated rings. The van der Waals surface area contributed by atoms with Crippen molar-refractivity contribution in [3.63, 3.8) is 0 Å². The molecule has 2 aliphatic heterocycles. The minimum absolute atomic E-state index is 0.221. The lowest BCUT2D eigenvalue weighted by molar-refractivity contribution is 0.0744. The lowest BCUT2D eigenvalue weighted by atomic mass is 10.1. The molecule has 1 atom stereocenters. The monoisotopic (exact) mass is 401 g/mol. The maximum Gasteiger partial charge on any atom is 0.258 e. The third-order valence-corrected chi connectivity index (χ3v) is 5.33. The number of hydrogen-bond donors (Lipinski definition) is 1. The molecule has 3 aromatic rings. The van der Waals surface area contributed by atoms with E-state index >= 15 is 0 Å². The molecular formula is C19H17ClFN5O2. The first kappa shape index (κ1) is 17.4. The number of ether oxygens (including phenoxy) is 1. The largest absolute Gasteiger partial charge is 0.491 e. The van der Waals surface area contributed by atoms with E-state index in [0.29, 0.717) is 35.9 Å². The van der Waals surface area contributed by atoms with Gasteiger partial charge < -0.3 is 15.0 Å². The fourth-order valence-electron chi connectivity index (χ4n) is 3.51. The van der Waals surface area contributed by atoms with Gasteiger partial charge in [-0.15, -0.1) is 0 Å². The summed E-state index contributed by atoms with van der Waals surface area (Å²) in [5, 5.41) is 8.19.